The molecule has 2 atom stereocenters. The number of nitrogens with one attached hydrogen (secondary N) is 1. The standard InChI is InChI=1S/C16H24N2O/c1-2-4-12-7-9-13(10-8-12)16(19)18-15-6-3-5-14(15)11-17/h7-10,14-15H,2-6,11,17H2,1H3,(H,18,19). The Bertz CT molecular complexity index is 413. The van der Waals surface area contributed by atoms with E-state index in [0.29, 0.717) is 12.5 Å². The van der Waals surface area contributed by atoms with E-state index < -0.39 is 0 Å². The SMILES string of the molecule is CCCc1ccc(C(=O)NC2CCCC2CN)cc1. The first-order valence-corrected chi connectivity index (χ1v) is 7.34. The lowest BCUT2D eigenvalue weighted by Gasteiger charge is -2.19. The largest absolute Gasteiger partial charge is 0.349 e. The molecule has 1 fully saturated rings. The smallest absolute Gasteiger partial charge is 0.251 e. The number of carbonyl (C=O) groups is 1. The zero-order valence-corrected chi connectivity index (χ0v) is 11.7. The molecule has 2 unspecified atom stereocenters. The summed E-state index contributed by atoms with van der Waals surface area (Å²) in [6, 6.07) is 8.20. The number of hydrogen-bond donors (Lipinski definition) is 2. The summed E-state index contributed by atoms with van der Waals surface area (Å²) in [6.07, 6.45) is 5.56. The lowest BCUT2D eigenvalue weighted by Crippen LogP contribution is -2.39. The molecular weight excluding hydrogens is 236 g/mol. The molecule has 1 aliphatic rings. The van der Waals surface area contributed by atoms with Gasteiger partial charge in [-0.1, -0.05) is 31.9 Å². The maximum atomic E-state index is 12.2. The van der Waals surface area contributed by atoms with Crippen molar-refractivity contribution in [3.63, 3.8) is 0 Å². The predicted octanol–water partition coefficient (Wildman–Crippen LogP) is 2.50. The molecule has 1 amide bonds. The van der Waals surface area contributed by atoms with Gasteiger partial charge in [-0.15, -0.1) is 0 Å². The lowest BCUT2D eigenvalue weighted by molar-refractivity contribution is 0.0929. The zero-order valence-electron chi connectivity index (χ0n) is 11.7. The van der Waals surface area contributed by atoms with Crippen LogP contribution in [0.3, 0.4) is 0 Å². The molecule has 3 nitrogen and oxygen atoms in total. The number of aryl methyl sites for hydroxylation is 1. The third kappa shape index (κ3) is 3.57. The average molecular weight is 260 g/mol. The third-order valence-electron chi connectivity index (χ3n) is 4.03. The van der Waals surface area contributed by atoms with E-state index in [2.05, 4.69) is 12.2 Å². The van der Waals surface area contributed by atoms with Gasteiger partial charge in [-0.25, -0.2) is 0 Å². The van der Waals surface area contributed by atoms with Crippen molar-refractivity contribution in [1.29, 1.82) is 0 Å². The number of hydrogen-bond acceptors (Lipinski definition) is 2. The van der Waals surface area contributed by atoms with Crippen LogP contribution in [0.15, 0.2) is 24.3 Å². The van der Waals surface area contributed by atoms with Gasteiger partial charge in [-0.3, -0.25) is 4.79 Å². The molecule has 3 heteroatoms. The fourth-order valence-corrected chi connectivity index (χ4v) is 2.87. The Hall–Kier alpha value is -1.35. The van der Waals surface area contributed by atoms with Crippen molar-refractivity contribution < 1.29 is 4.79 Å². The fourth-order valence-electron chi connectivity index (χ4n) is 2.87. The topological polar surface area (TPSA) is 55.1 Å². The first-order valence-electron chi connectivity index (χ1n) is 7.34. The van der Waals surface area contributed by atoms with Crippen LogP contribution in [-0.4, -0.2) is 18.5 Å². The van der Waals surface area contributed by atoms with E-state index in [0.717, 1.165) is 31.2 Å². The van der Waals surface area contributed by atoms with Crippen molar-refractivity contribution in [1.82, 2.24) is 5.32 Å². The highest BCUT2D eigenvalue weighted by atomic mass is 16.1. The van der Waals surface area contributed by atoms with Crippen LogP contribution in [0.2, 0.25) is 0 Å². The van der Waals surface area contributed by atoms with Gasteiger partial charge in [0.1, 0.15) is 0 Å². The van der Waals surface area contributed by atoms with Gasteiger partial charge >= 0.3 is 0 Å². The van der Waals surface area contributed by atoms with Gasteiger partial charge in [-0.05, 0) is 49.4 Å². The Morgan fingerprint density at radius 2 is 2.05 bits per heavy atom. The van der Waals surface area contributed by atoms with Crippen LogP contribution in [0.5, 0.6) is 0 Å². The van der Waals surface area contributed by atoms with E-state index in [1.165, 1.54) is 12.0 Å². The number of rotatable bonds is 5. The molecule has 19 heavy (non-hydrogen) atoms. The van der Waals surface area contributed by atoms with Crippen molar-refractivity contribution in [2.75, 3.05) is 6.54 Å². The highest BCUT2D eigenvalue weighted by molar-refractivity contribution is 5.94. The molecule has 1 aromatic carbocycles. The van der Waals surface area contributed by atoms with Crippen LogP contribution in [-0.2, 0) is 6.42 Å². The van der Waals surface area contributed by atoms with Crippen LogP contribution < -0.4 is 11.1 Å². The van der Waals surface area contributed by atoms with Gasteiger partial charge in [0.15, 0.2) is 0 Å². The Labute approximate surface area is 115 Å². The molecule has 0 aliphatic heterocycles. The zero-order chi connectivity index (χ0) is 13.7. The van der Waals surface area contributed by atoms with Crippen LogP contribution in [0.1, 0.15) is 48.5 Å². The van der Waals surface area contributed by atoms with Crippen LogP contribution >= 0.6 is 0 Å². The lowest BCUT2D eigenvalue weighted by atomic mass is 10.0. The van der Waals surface area contributed by atoms with Gasteiger partial charge in [0, 0.05) is 11.6 Å². The molecule has 0 heterocycles. The van der Waals surface area contributed by atoms with Crippen LogP contribution in [0.25, 0.3) is 0 Å². The molecule has 2 rings (SSSR count). The molecule has 0 aromatic heterocycles. The number of carbonyl (C=O) groups excluding carboxylic acids is 1. The Morgan fingerprint density at radius 3 is 2.68 bits per heavy atom. The molecule has 1 saturated carbocycles. The van der Waals surface area contributed by atoms with Crippen molar-refractivity contribution in [3.8, 4) is 0 Å². The van der Waals surface area contributed by atoms with E-state index in [-0.39, 0.29) is 11.9 Å². The molecule has 0 radical (unpaired) electrons. The summed E-state index contributed by atoms with van der Waals surface area (Å²) < 4.78 is 0. The van der Waals surface area contributed by atoms with Crippen LogP contribution in [0, 0.1) is 5.92 Å². The van der Waals surface area contributed by atoms with E-state index in [1.54, 1.807) is 0 Å². The molecule has 3 N–H and O–H groups in total. The average Bonchev–Trinajstić information content (AvgIpc) is 2.87. The second kappa shape index (κ2) is 6.71. The minimum Gasteiger partial charge on any atom is -0.349 e. The molecular formula is C16H24N2O. The molecule has 1 aromatic rings. The molecule has 0 saturated heterocycles. The Kier molecular flexibility index (Phi) is 4.97. The molecule has 0 bridgehead atoms. The predicted molar refractivity (Wildman–Crippen MR) is 78.1 cm³/mol. The van der Waals surface area contributed by atoms with Crippen molar-refractivity contribution in [2.45, 2.75) is 45.1 Å². The van der Waals surface area contributed by atoms with Crippen molar-refractivity contribution in [2.24, 2.45) is 11.7 Å². The first kappa shape index (κ1) is 14.1. The Morgan fingerprint density at radius 1 is 1.32 bits per heavy atom. The minimum atomic E-state index is 0.0356. The van der Waals surface area contributed by atoms with E-state index in [1.807, 2.05) is 24.3 Å². The van der Waals surface area contributed by atoms with Gasteiger partial charge in [0.05, 0.1) is 0 Å². The fraction of sp³-hybridized carbons (Fsp3) is 0.562. The van der Waals surface area contributed by atoms with Crippen molar-refractivity contribution >= 4 is 5.91 Å². The summed E-state index contributed by atoms with van der Waals surface area (Å²) in [7, 11) is 0. The third-order valence-corrected chi connectivity index (χ3v) is 4.03. The number of nitrogens with two attached hydrogens (primary N) is 1. The summed E-state index contributed by atoms with van der Waals surface area (Å²) in [5.41, 5.74) is 7.78. The summed E-state index contributed by atoms with van der Waals surface area (Å²) in [4.78, 5) is 12.2. The molecule has 1 aliphatic carbocycles. The maximum Gasteiger partial charge on any atom is 0.251 e. The minimum absolute atomic E-state index is 0.0356. The molecule has 0 spiro atoms. The highest BCUT2D eigenvalue weighted by Gasteiger charge is 2.27. The van der Waals surface area contributed by atoms with Gasteiger partial charge in [-0.2, -0.15) is 0 Å². The van der Waals surface area contributed by atoms with Crippen molar-refractivity contribution in [3.05, 3.63) is 35.4 Å². The molecule has 104 valence electrons. The van der Waals surface area contributed by atoms with Crippen LogP contribution in [0.4, 0.5) is 0 Å². The number of amides is 1. The number of benzene rings is 1. The highest BCUT2D eigenvalue weighted by Crippen LogP contribution is 2.24. The monoisotopic (exact) mass is 260 g/mol. The summed E-state index contributed by atoms with van der Waals surface area (Å²) in [5.74, 6) is 0.483. The Balaban J connectivity index is 1.95. The van der Waals surface area contributed by atoms with Gasteiger partial charge < -0.3 is 11.1 Å². The quantitative estimate of drug-likeness (QED) is 0.854. The van der Waals surface area contributed by atoms with E-state index >= 15 is 0 Å². The summed E-state index contributed by atoms with van der Waals surface area (Å²) in [5, 5.41) is 3.13. The van der Waals surface area contributed by atoms with Gasteiger partial charge in [0.2, 0.25) is 0 Å². The van der Waals surface area contributed by atoms with E-state index in [9.17, 15) is 4.79 Å². The second-order valence-corrected chi connectivity index (χ2v) is 5.45. The summed E-state index contributed by atoms with van der Waals surface area (Å²) in [6.45, 7) is 2.83. The first-order chi connectivity index (χ1) is 9.24. The maximum absolute atomic E-state index is 12.2. The van der Waals surface area contributed by atoms with E-state index in [4.69, 9.17) is 5.73 Å². The normalized spacial score (nSPS) is 22.4. The second-order valence-electron chi connectivity index (χ2n) is 5.45. The summed E-state index contributed by atoms with van der Waals surface area (Å²) >= 11 is 0. The van der Waals surface area contributed by atoms with Gasteiger partial charge in [0.25, 0.3) is 5.91 Å².